The molecule has 0 bridgehead atoms. The molecule has 1 aromatic heterocycles. The molecule has 0 saturated heterocycles. The highest BCUT2D eigenvalue weighted by Crippen LogP contribution is 2.45. The molecule has 106 valence electrons. The van der Waals surface area contributed by atoms with Crippen LogP contribution in [-0.2, 0) is 0 Å². The summed E-state index contributed by atoms with van der Waals surface area (Å²) < 4.78 is 5.78. The summed E-state index contributed by atoms with van der Waals surface area (Å²) in [4.78, 5) is 1.43. The van der Waals surface area contributed by atoms with E-state index in [-0.39, 0.29) is 0 Å². The van der Waals surface area contributed by atoms with E-state index in [0.717, 1.165) is 17.4 Å². The van der Waals surface area contributed by atoms with Crippen molar-refractivity contribution in [1.29, 1.82) is 0 Å². The first kappa shape index (κ1) is 13.5. The van der Waals surface area contributed by atoms with Gasteiger partial charge in [-0.15, -0.1) is 11.3 Å². The first-order chi connectivity index (χ1) is 9.78. The van der Waals surface area contributed by atoms with Crippen molar-refractivity contribution in [3.05, 3.63) is 46.2 Å². The summed E-state index contributed by atoms with van der Waals surface area (Å²) in [6, 6.07) is 11.2. The predicted molar refractivity (Wildman–Crippen MR) is 85.8 cm³/mol. The Hall–Kier alpha value is -1.48. The van der Waals surface area contributed by atoms with Crippen molar-refractivity contribution in [2.24, 2.45) is 5.92 Å². The summed E-state index contributed by atoms with van der Waals surface area (Å²) in [5, 5.41) is 5.87. The third-order valence-corrected chi connectivity index (χ3v) is 4.65. The quantitative estimate of drug-likeness (QED) is 0.805. The van der Waals surface area contributed by atoms with Gasteiger partial charge in [0.25, 0.3) is 0 Å². The van der Waals surface area contributed by atoms with E-state index in [1.165, 1.54) is 23.3 Å². The molecule has 1 heterocycles. The van der Waals surface area contributed by atoms with Crippen molar-refractivity contribution in [3.63, 3.8) is 0 Å². The summed E-state index contributed by atoms with van der Waals surface area (Å²) in [5.74, 6) is 1.74. The van der Waals surface area contributed by atoms with E-state index < -0.39 is 0 Å². The molecule has 1 aliphatic carbocycles. The Labute approximate surface area is 124 Å². The van der Waals surface area contributed by atoms with Gasteiger partial charge in [-0.2, -0.15) is 0 Å². The molecule has 0 amide bonds. The topological polar surface area (TPSA) is 21.3 Å². The van der Waals surface area contributed by atoms with Crippen molar-refractivity contribution in [3.8, 4) is 5.75 Å². The predicted octanol–water partition coefficient (Wildman–Crippen LogP) is 5.02. The summed E-state index contributed by atoms with van der Waals surface area (Å²) >= 11 is 1.84. The van der Waals surface area contributed by atoms with Crippen molar-refractivity contribution in [2.75, 3.05) is 11.9 Å². The maximum absolute atomic E-state index is 5.78. The fourth-order valence-electron chi connectivity index (χ4n) is 2.51. The Morgan fingerprint density at radius 2 is 2.20 bits per heavy atom. The average Bonchev–Trinajstić information content (AvgIpc) is 3.13. The van der Waals surface area contributed by atoms with Gasteiger partial charge in [-0.05, 0) is 61.7 Å². The SMILES string of the molecule is CCOc1cc(C)ccc1NC(c1cccs1)C1CC1. The second-order valence-electron chi connectivity index (χ2n) is 5.41. The van der Waals surface area contributed by atoms with Crippen molar-refractivity contribution in [2.45, 2.75) is 32.7 Å². The van der Waals surface area contributed by atoms with Crippen LogP contribution in [0.4, 0.5) is 5.69 Å². The fourth-order valence-corrected chi connectivity index (χ4v) is 3.38. The van der Waals surface area contributed by atoms with Crippen LogP contribution >= 0.6 is 11.3 Å². The Morgan fingerprint density at radius 3 is 2.85 bits per heavy atom. The molecule has 2 aromatic rings. The van der Waals surface area contributed by atoms with Gasteiger partial charge in [-0.25, -0.2) is 0 Å². The monoisotopic (exact) mass is 287 g/mol. The van der Waals surface area contributed by atoms with Crippen molar-refractivity contribution >= 4 is 17.0 Å². The molecular formula is C17H21NOS. The highest BCUT2D eigenvalue weighted by atomic mass is 32.1. The normalized spacial score (nSPS) is 15.9. The summed E-state index contributed by atoms with van der Waals surface area (Å²) in [6.45, 7) is 4.83. The lowest BCUT2D eigenvalue weighted by molar-refractivity contribution is 0.341. The van der Waals surface area contributed by atoms with Gasteiger partial charge in [0.1, 0.15) is 5.75 Å². The number of nitrogens with one attached hydrogen (secondary N) is 1. The summed E-state index contributed by atoms with van der Waals surface area (Å²) in [7, 11) is 0. The summed E-state index contributed by atoms with van der Waals surface area (Å²) in [5.41, 5.74) is 2.35. The third-order valence-electron chi connectivity index (χ3n) is 3.69. The van der Waals surface area contributed by atoms with Gasteiger partial charge in [-0.1, -0.05) is 12.1 Å². The molecule has 1 aromatic carbocycles. The number of hydrogen-bond donors (Lipinski definition) is 1. The van der Waals surface area contributed by atoms with Gasteiger partial charge in [0.05, 0.1) is 18.3 Å². The molecule has 1 fully saturated rings. The number of ether oxygens (including phenoxy) is 1. The molecule has 0 radical (unpaired) electrons. The minimum absolute atomic E-state index is 0.428. The zero-order chi connectivity index (χ0) is 13.9. The van der Waals surface area contributed by atoms with E-state index >= 15 is 0 Å². The van der Waals surface area contributed by atoms with E-state index in [2.05, 4.69) is 48.0 Å². The molecule has 3 rings (SSSR count). The minimum Gasteiger partial charge on any atom is -0.492 e. The lowest BCUT2D eigenvalue weighted by Crippen LogP contribution is -2.12. The van der Waals surface area contributed by atoms with E-state index in [4.69, 9.17) is 4.74 Å². The smallest absolute Gasteiger partial charge is 0.142 e. The number of thiophene rings is 1. The lowest BCUT2D eigenvalue weighted by atomic mass is 10.1. The van der Waals surface area contributed by atoms with Crippen LogP contribution in [0.1, 0.15) is 36.2 Å². The molecule has 0 aliphatic heterocycles. The van der Waals surface area contributed by atoms with Crippen LogP contribution in [0.3, 0.4) is 0 Å². The van der Waals surface area contributed by atoms with Crippen LogP contribution in [0.15, 0.2) is 35.7 Å². The first-order valence-electron chi connectivity index (χ1n) is 7.31. The van der Waals surface area contributed by atoms with E-state index in [1.54, 1.807) is 0 Å². The molecular weight excluding hydrogens is 266 g/mol. The largest absolute Gasteiger partial charge is 0.492 e. The van der Waals surface area contributed by atoms with Gasteiger partial charge in [-0.3, -0.25) is 0 Å². The fraction of sp³-hybridized carbons (Fsp3) is 0.412. The average molecular weight is 287 g/mol. The van der Waals surface area contributed by atoms with Gasteiger partial charge in [0.2, 0.25) is 0 Å². The Morgan fingerprint density at radius 1 is 1.35 bits per heavy atom. The van der Waals surface area contributed by atoms with Crippen LogP contribution in [0.5, 0.6) is 5.75 Å². The lowest BCUT2D eigenvalue weighted by Gasteiger charge is -2.21. The van der Waals surface area contributed by atoms with E-state index in [9.17, 15) is 0 Å². The Balaban J connectivity index is 1.85. The minimum atomic E-state index is 0.428. The van der Waals surface area contributed by atoms with Gasteiger partial charge in [0.15, 0.2) is 0 Å². The van der Waals surface area contributed by atoms with Crippen LogP contribution in [0.2, 0.25) is 0 Å². The van der Waals surface area contributed by atoms with Crippen molar-refractivity contribution in [1.82, 2.24) is 0 Å². The molecule has 3 heteroatoms. The number of benzene rings is 1. The Kier molecular flexibility index (Phi) is 3.97. The molecule has 20 heavy (non-hydrogen) atoms. The maximum atomic E-state index is 5.78. The molecule has 1 N–H and O–H groups in total. The number of aryl methyl sites for hydroxylation is 1. The van der Waals surface area contributed by atoms with Gasteiger partial charge < -0.3 is 10.1 Å². The second kappa shape index (κ2) is 5.88. The van der Waals surface area contributed by atoms with Crippen molar-refractivity contribution < 1.29 is 4.74 Å². The zero-order valence-corrected chi connectivity index (χ0v) is 12.9. The van der Waals surface area contributed by atoms with Gasteiger partial charge >= 0.3 is 0 Å². The molecule has 1 aliphatic rings. The maximum Gasteiger partial charge on any atom is 0.142 e. The first-order valence-corrected chi connectivity index (χ1v) is 8.19. The molecule has 2 nitrogen and oxygen atoms in total. The van der Waals surface area contributed by atoms with Crippen LogP contribution in [-0.4, -0.2) is 6.61 Å². The van der Waals surface area contributed by atoms with E-state index in [1.807, 2.05) is 18.3 Å². The molecule has 1 unspecified atom stereocenters. The number of hydrogen-bond acceptors (Lipinski definition) is 3. The van der Waals surface area contributed by atoms with E-state index in [0.29, 0.717) is 12.6 Å². The van der Waals surface area contributed by atoms with Crippen LogP contribution in [0.25, 0.3) is 0 Å². The number of rotatable bonds is 6. The highest BCUT2D eigenvalue weighted by Gasteiger charge is 2.33. The third kappa shape index (κ3) is 2.98. The van der Waals surface area contributed by atoms with Crippen LogP contribution in [0, 0.1) is 12.8 Å². The zero-order valence-electron chi connectivity index (χ0n) is 12.1. The molecule has 0 spiro atoms. The number of anilines is 1. The standard InChI is InChI=1S/C17H21NOS/c1-3-19-15-11-12(2)6-9-14(15)18-17(13-7-8-13)16-5-4-10-20-16/h4-6,9-11,13,17-18H,3,7-8H2,1-2H3. The van der Waals surface area contributed by atoms with Gasteiger partial charge in [0, 0.05) is 4.88 Å². The highest BCUT2D eigenvalue weighted by molar-refractivity contribution is 7.10. The molecule has 1 saturated carbocycles. The second-order valence-corrected chi connectivity index (χ2v) is 6.39. The Bertz CT molecular complexity index is 560. The molecule has 1 atom stereocenters. The summed E-state index contributed by atoms with van der Waals surface area (Å²) in [6.07, 6.45) is 2.65. The van der Waals surface area contributed by atoms with Crippen LogP contribution < -0.4 is 10.1 Å².